The van der Waals surface area contributed by atoms with Gasteiger partial charge in [0.15, 0.2) is 6.61 Å². The van der Waals surface area contributed by atoms with Crippen molar-refractivity contribution in [3.63, 3.8) is 0 Å². The van der Waals surface area contributed by atoms with Gasteiger partial charge < -0.3 is 14.5 Å². The highest BCUT2D eigenvalue weighted by molar-refractivity contribution is 6.31. The predicted molar refractivity (Wildman–Crippen MR) is 86.7 cm³/mol. The van der Waals surface area contributed by atoms with Gasteiger partial charge in [-0.2, -0.15) is 0 Å². The van der Waals surface area contributed by atoms with E-state index in [4.69, 9.17) is 20.8 Å². The van der Waals surface area contributed by atoms with Crippen molar-refractivity contribution < 1.29 is 18.7 Å². The Kier molecular flexibility index (Phi) is 6.00. The normalized spacial score (nSPS) is 12.1. The van der Waals surface area contributed by atoms with Crippen LogP contribution >= 0.6 is 11.6 Å². The number of furan rings is 1. The number of carbonyl (C=O) groups is 2. The summed E-state index contributed by atoms with van der Waals surface area (Å²) < 4.78 is 9.89. The lowest BCUT2D eigenvalue weighted by atomic mass is 10.1. The molecule has 1 aromatic heterocycles. The lowest BCUT2D eigenvalue weighted by molar-refractivity contribution is -0.144. The number of hydrogen-bond donors (Lipinski definition) is 1. The third-order valence-corrected chi connectivity index (χ3v) is 3.37. The van der Waals surface area contributed by atoms with Gasteiger partial charge in [0.2, 0.25) is 0 Å². The van der Waals surface area contributed by atoms with Crippen molar-refractivity contribution in [3.05, 3.63) is 65.1 Å². The average molecular weight is 334 g/mol. The lowest BCUT2D eigenvalue weighted by Gasteiger charge is -2.15. The zero-order chi connectivity index (χ0) is 16.7. The Bertz CT molecular complexity index is 694. The Labute approximate surface area is 138 Å². The predicted octanol–water partition coefficient (Wildman–Crippen LogP) is 3.37. The monoisotopic (exact) mass is 333 g/mol. The molecule has 0 aliphatic heterocycles. The van der Waals surface area contributed by atoms with E-state index in [0.29, 0.717) is 10.8 Å². The number of halogens is 1. The van der Waals surface area contributed by atoms with Gasteiger partial charge in [-0.25, -0.2) is 4.79 Å². The van der Waals surface area contributed by atoms with Gasteiger partial charge in [-0.15, -0.1) is 0 Å². The Hall–Kier alpha value is -2.53. The van der Waals surface area contributed by atoms with Crippen molar-refractivity contribution in [2.75, 3.05) is 6.61 Å². The standard InChI is InChI=1S/C17H16ClNO4/c1-12(14-6-2-3-7-15(14)18)19-16(20)11-23-17(21)9-8-13-5-4-10-22-13/h2-10,12H,11H2,1H3,(H,19,20)/b9-8+/t12-/m1/s1. The van der Waals surface area contributed by atoms with E-state index in [2.05, 4.69) is 5.32 Å². The number of hydrogen-bond acceptors (Lipinski definition) is 4. The number of rotatable bonds is 6. The van der Waals surface area contributed by atoms with Crippen LogP contribution in [0.5, 0.6) is 0 Å². The number of nitrogens with one attached hydrogen (secondary N) is 1. The maximum Gasteiger partial charge on any atom is 0.331 e. The van der Waals surface area contributed by atoms with Crippen molar-refractivity contribution in [3.8, 4) is 0 Å². The molecule has 0 unspecified atom stereocenters. The summed E-state index contributed by atoms with van der Waals surface area (Å²) >= 11 is 6.07. The summed E-state index contributed by atoms with van der Waals surface area (Å²) in [5.74, 6) is -0.502. The van der Waals surface area contributed by atoms with Crippen LogP contribution in [-0.2, 0) is 14.3 Å². The van der Waals surface area contributed by atoms with Crippen molar-refractivity contribution >= 4 is 29.6 Å². The van der Waals surface area contributed by atoms with Gasteiger partial charge in [-0.3, -0.25) is 4.79 Å². The highest BCUT2D eigenvalue weighted by atomic mass is 35.5. The highest BCUT2D eigenvalue weighted by Gasteiger charge is 2.13. The van der Waals surface area contributed by atoms with E-state index in [1.165, 1.54) is 18.4 Å². The number of carbonyl (C=O) groups excluding carboxylic acids is 2. The first-order valence-corrected chi connectivity index (χ1v) is 7.36. The number of ether oxygens (including phenoxy) is 1. The molecule has 6 heteroatoms. The molecule has 0 spiro atoms. The molecule has 0 bridgehead atoms. The molecule has 0 saturated carbocycles. The maximum absolute atomic E-state index is 11.8. The quantitative estimate of drug-likeness (QED) is 0.650. The van der Waals surface area contributed by atoms with E-state index in [1.807, 2.05) is 18.2 Å². The van der Waals surface area contributed by atoms with Crippen LogP contribution in [-0.4, -0.2) is 18.5 Å². The average Bonchev–Trinajstić information content (AvgIpc) is 3.04. The summed E-state index contributed by atoms with van der Waals surface area (Å²) in [5.41, 5.74) is 0.798. The molecule has 1 heterocycles. The zero-order valence-electron chi connectivity index (χ0n) is 12.5. The second-order valence-corrected chi connectivity index (χ2v) is 5.17. The van der Waals surface area contributed by atoms with Gasteiger partial charge in [-0.1, -0.05) is 29.8 Å². The second kappa shape index (κ2) is 8.19. The van der Waals surface area contributed by atoms with Crippen LogP contribution in [0.1, 0.15) is 24.3 Å². The highest BCUT2D eigenvalue weighted by Crippen LogP contribution is 2.21. The Morgan fingerprint density at radius 3 is 2.78 bits per heavy atom. The first-order valence-electron chi connectivity index (χ1n) is 6.98. The fourth-order valence-corrected chi connectivity index (χ4v) is 2.21. The fourth-order valence-electron chi connectivity index (χ4n) is 1.91. The van der Waals surface area contributed by atoms with Crippen LogP contribution < -0.4 is 5.32 Å². The van der Waals surface area contributed by atoms with Crippen LogP contribution in [0.25, 0.3) is 6.08 Å². The van der Waals surface area contributed by atoms with Crippen molar-refractivity contribution in [1.82, 2.24) is 5.32 Å². The van der Waals surface area contributed by atoms with Crippen LogP contribution in [0.2, 0.25) is 5.02 Å². The topological polar surface area (TPSA) is 68.5 Å². The summed E-state index contributed by atoms with van der Waals surface area (Å²) in [7, 11) is 0. The second-order valence-electron chi connectivity index (χ2n) is 4.77. The fraction of sp³-hybridized carbons (Fsp3) is 0.176. The van der Waals surface area contributed by atoms with Gasteiger partial charge in [0.05, 0.1) is 12.3 Å². The molecule has 0 aliphatic carbocycles. The third kappa shape index (κ3) is 5.30. The minimum atomic E-state index is -0.623. The van der Waals surface area contributed by atoms with E-state index < -0.39 is 11.9 Å². The number of amides is 1. The Morgan fingerprint density at radius 1 is 1.30 bits per heavy atom. The molecule has 120 valence electrons. The third-order valence-electron chi connectivity index (χ3n) is 3.02. The summed E-state index contributed by atoms with van der Waals surface area (Å²) in [5, 5.41) is 3.29. The molecular formula is C17H16ClNO4. The summed E-state index contributed by atoms with van der Waals surface area (Å²) in [6.07, 6.45) is 4.16. The Balaban J connectivity index is 1.78. The van der Waals surface area contributed by atoms with Gasteiger partial charge in [0, 0.05) is 11.1 Å². The molecule has 0 saturated heterocycles. The SMILES string of the molecule is C[C@@H](NC(=O)COC(=O)/C=C/c1ccco1)c1ccccc1Cl. The van der Waals surface area contributed by atoms with Crippen LogP contribution in [0.3, 0.4) is 0 Å². The molecule has 2 rings (SSSR count). The first kappa shape index (κ1) is 16.8. The molecule has 0 aliphatic rings. The molecular weight excluding hydrogens is 318 g/mol. The first-order chi connectivity index (χ1) is 11.1. The van der Waals surface area contributed by atoms with Crippen molar-refractivity contribution in [2.45, 2.75) is 13.0 Å². The van der Waals surface area contributed by atoms with E-state index in [1.54, 1.807) is 25.1 Å². The van der Waals surface area contributed by atoms with Crippen LogP contribution in [0.15, 0.2) is 53.2 Å². The molecule has 1 atom stereocenters. The van der Waals surface area contributed by atoms with Crippen LogP contribution in [0.4, 0.5) is 0 Å². The molecule has 2 aromatic rings. The largest absolute Gasteiger partial charge is 0.465 e. The van der Waals surface area contributed by atoms with Gasteiger partial charge in [0.1, 0.15) is 5.76 Å². The molecule has 1 aromatic carbocycles. The van der Waals surface area contributed by atoms with Crippen molar-refractivity contribution in [1.29, 1.82) is 0 Å². The van der Waals surface area contributed by atoms with Gasteiger partial charge in [-0.05, 0) is 36.8 Å². The minimum absolute atomic E-state index is 0.284. The molecule has 0 fully saturated rings. The van der Waals surface area contributed by atoms with Gasteiger partial charge in [0.25, 0.3) is 5.91 Å². The number of esters is 1. The van der Waals surface area contributed by atoms with Crippen LogP contribution in [0, 0.1) is 0 Å². The van der Waals surface area contributed by atoms with Crippen molar-refractivity contribution in [2.24, 2.45) is 0 Å². The molecule has 0 radical (unpaired) electrons. The Morgan fingerprint density at radius 2 is 2.09 bits per heavy atom. The zero-order valence-corrected chi connectivity index (χ0v) is 13.2. The van der Waals surface area contributed by atoms with E-state index in [0.717, 1.165) is 5.56 Å². The summed E-state index contributed by atoms with van der Waals surface area (Å²) in [4.78, 5) is 23.3. The maximum atomic E-state index is 11.8. The van der Waals surface area contributed by atoms with E-state index >= 15 is 0 Å². The molecule has 5 nitrogen and oxygen atoms in total. The lowest BCUT2D eigenvalue weighted by Crippen LogP contribution is -2.31. The van der Waals surface area contributed by atoms with E-state index in [9.17, 15) is 9.59 Å². The smallest absolute Gasteiger partial charge is 0.331 e. The summed E-state index contributed by atoms with van der Waals surface area (Å²) in [6.45, 7) is 1.44. The minimum Gasteiger partial charge on any atom is -0.465 e. The number of benzene rings is 1. The molecule has 1 N–H and O–H groups in total. The van der Waals surface area contributed by atoms with E-state index in [-0.39, 0.29) is 12.6 Å². The molecule has 23 heavy (non-hydrogen) atoms. The van der Waals surface area contributed by atoms with Gasteiger partial charge >= 0.3 is 5.97 Å². The summed E-state index contributed by atoms with van der Waals surface area (Å²) in [6, 6.07) is 10.3. The molecule has 1 amide bonds.